The number of aliphatic hydroxyl groups excluding tert-OH is 1. The molecule has 0 aliphatic carbocycles. The van der Waals surface area contributed by atoms with E-state index < -0.39 is 11.2 Å². The Morgan fingerprint density at radius 3 is 2.48 bits per heavy atom. The molecule has 0 saturated carbocycles. The van der Waals surface area contributed by atoms with Crippen LogP contribution in [0.3, 0.4) is 0 Å². The van der Waals surface area contributed by atoms with E-state index in [9.17, 15) is 10.2 Å². The van der Waals surface area contributed by atoms with E-state index in [-0.39, 0.29) is 12.5 Å². The Morgan fingerprint density at radius 2 is 1.83 bits per heavy atom. The molecular weight excluding hydrogens is 454 g/mol. The molecule has 150 valence electrons. The number of aliphatic hydroxyl groups is 2. The van der Waals surface area contributed by atoms with Crippen molar-refractivity contribution in [1.29, 1.82) is 0 Å². The first-order chi connectivity index (χ1) is 13.9. The van der Waals surface area contributed by atoms with E-state index in [1.165, 1.54) is 6.20 Å². The smallest absolute Gasteiger partial charge is 0.175 e. The number of rotatable bonds is 5. The summed E-state index contributed by atoms with van der Waals surface area (Å²) < 4.78 is 7.48. The first-order valence-electron chi connectivity index (χ1n) is 9.39. The molecule has 2 aromatic carbocycles. The van der Waals surface area contributed by atoms with Crippen molar-refractivity contribution in [3.63, 3.8) is 0 Å². The SMILES string of the molecule is C[C@@]1(O)c2ncc(Cl)cc2O[C@@]1(c1ccc(Br)cc1)[C@@H](CCO)c1ccccc1. The lowest BCUT2D eigenvalue weighted by Gasteiger charge is -2.44. The van der Waals surface area contributed by atoms with Gasteiger partial charge in [-0.05, 0) is 36.6 Å². The highest BCUT2D eigenvalue weighted by Gasteiger charge is 2.63. The predicted molar refractivity (Wildman–Crippen MR) is 116 cm³/mol. The molecule has 1 aliphatic rings. The lowest BCUT2D eigenvalue weighted by atomic mass is 9.66. The molecular formula is C23H21BrClNO3. The first-order valence-corrected chi connectivity index (χ1v) is 10.6. The Labute approximate surface area is 183 Å². The highest BCUT2D eigenvalue weighted by atomic mass is 79.9. The molecule has 0 saturated heterocycles. The molecule has 4 nitrogen and oxygen atoms in total. The van der Waals surface area contributed by atoms with Crippen LogP contribution >= 0.6 is 27.5 Å². The summed E-state index contributed by atoms with van der Waals surface area (Å²) in [5, 5.41) is 22.3. The predicted octanol–water partition coefficient (Wildman–Crippen LogP) is 5.16. The van der Waals surface area contributed by atoms with Crippen LogP contribution in [0.1, 0.15) is 36.1 Å². The number of pyridine rings is 1. The van der Waals surface area contributed by atoms with Gasteiger partial charge < -0.3 is 14.9 Å². The summed E-state index contributed by atoms with van der Waals surface area (Å²) in [6, 6.07) is 19.2. The van der Waals surface area contributed by atoms with E-state index in [0.717, 1.165) is 15.6 Å². The number of halogens is 2. The minimum Gasteiger partial charge on any atom is -0.476 e. The van der Waals surface area contributed by atoms with Gasteiger partial charge in [0.1, 0.15) is 11.4 Å². The van der Waals surface area contributed by atoms with Gasteiger partial charge in [-0.25, -0.2) is 0 Å². The van der Waals surface area contributed by atoms with Crippen LogP contribution in [0.15, 0.2) is 71.3 Å². The van der Waals surface area contributed by atoms with Crippen LogP contribution < -0.4 is 4.74 Å². The van der Waals surface area contributed by atoms with E-state index in [4.69, 9.17) is 16.3 Å². The lowest BCUT2D eigenvalue weighted by Crippen LogP contribution is -2.52. The highest BCUT2D eigenvalue weighted by Crippen LogP contribution is 2.59. The van der Waals surface area contributed by atoms with Crippen LogP contribution in [0.5, 0.6) is 5.75 Å². The molecule has 4 rings (SSSR count). The summed E-state index contributed by atoms with van der Waals surface area (Å²) in [5.41, 5.74) is -0.469. The number of hydrogen-bond donors (Lipinski definition) is 2. The minimum absolute atomic E-state index is 0.0538. The number of aromatic nitrogens is 1. The highest BCUT2D eigenvalue weighted by molar-refractivity contribution is 9.10. The van der Waals surface area contributed by atoms with Crippen LogP contribution in [-0.2, 0) is 11.2 Å². The van der Waals surface area contributed by atoms with Gasteiger partial charge in [0.25, 0.3) is 0 Å². The van der Waals surface area contributed by atoms with Crippen molar-refractivity contribution in [2.24, 2.45) is 0 Å². The molecule has 0 unspecified atom stereocenters. The van der Waals surface area contributed by atoms with Crippen molar-refractivity contribution in [2.45, 2.75) is 30.5 Å². The van der Waals surface area contributed by atoms with Crippen molar-refractivity contribution >= 4 is 27.5 Å². The van der Waals surface area contributed by atoms with Crippen LogP contribution in [0.4, 0.5) is 0 Å². The van der Waals surface area contributed by atoms with Crippen LogP contribution in [0.2, 0.25) is 5.02 Å². The first kappa shape index (κ1) is 20.4. The summed E-state index contributed by atoms with van der Waals surface area (Å²) in [7, 11) is 0. The Morgan fingerprint density at radius 1 is 1.14 bits per heavy atom. The number of nitrogens with zero attached hydrogens (tertiary/aromatic N) is 1. The summed E-state index contributed by atoms with van der Waals surface area (Å²) in [6.07, 6.45) is 1.91. The van der Waals surface area contributed by atoms with Gasteiger partial charge in [0.2, 0.25) is 0 Å². The molecule has 0 amide bonds. The fourth-order valence-electron chi connectivity index (χ4n) is 4.38. The number of benzene rings is 2. The molecule has 0 fully saturated rings. The van der Waals surface area contributed by atoms with Crippen LogP contribution in [0.25, 0.3) is 0 Å². The van der Waals surface area contributed by atoms with E-state index in [2.05, 4.69) is 20.9 Å². The average Bonchev–Trinajstić information content (AvgIpc) is 2.94. The Hall–Kier alpha value is -1.92. The van der Waals surface area contributed by atoms with Crippen LogP contribution in [-0.4, -0.2) is 21.8 Å². The third-order valence-corrected chi connectivity index (χ3v) is 6.39. The zero-order valence-corrected chi connectivity index (χ0v) is 18.2. The normalized spacial score (nSPS) is 24.0. The summed E-state index contributed by atoms with van der Waals surface area (Å²) >= 11 is 9.64. The van der Waals surface area contributed by atoms with Crippen molar-refractivity contribution in [3.05, 3.63) is 93.2 Å². The zero-order chi connectivity index (χ0) is 20.6. The molecule has 0 bridgehead atoms. The second kappa shape index (κ2) is 7.73. The molecule has 3 aromatic rings. The monoisotopic (exact) mass is 473 g/mol. The molecule has 2 heterocycles. The standard InChI is InChI=1S/C23H21BrClNO3/c1-22(28)21-20(13-18(25)14-26-21)29-23(22,16-7-9-17(24)10-8-16)19(11-12-27)15-5-3-2-4-6-15/h2-10,13-14,19,27-28H,11-12H2,1H3/t19-,22+,23-/m0/s1. The van der Waals surface area contributed by atoms with Crippen molar-refractivity contribution < 1.29 is 14.9 Å². The molecule has 29 heavy (non-hydrogen) atoms. The number of fused-ring (bicyclic) bond motifs is 1. The van der Waals surface area contributed by atoms with Gasteiger partial charge in [0.05, 0.1) is 5.02 Å². The maximum absolute atomic E-state index is 11.9. The summed E-state index contributed by atoms with van der Waals surface area (Å²) in [5.74, 6) is 0.113. The van der Waals surface area contributed by atoms with E-state index >= 15 is 0 Å². The Kier molecular flexibility index (Phi) is 5.42. The molecule has 1 aliphatic heterocycles. The van der Waals surface area contributed by atoms with Crippen molar-refractivity contribution in [1.82, 2.24) is 4.98 Å². The number of hydrogen-bond acceptors (Lipinski definition) is 4. The van der Waals surface area contributed by atoms with Crippen LogP contribution in [0, 0.1) is 0 Å². The van der Waals surface area contributed by atoms with Gasteiger partial charge >= 0.3 is 0 Å². The van der Waals surface area contributed by atoms with Gasteiger partial charge in [-0.3, -0.25) is 4.98 Å². The average molecular weight is 475 g/mol. The molecule has 0 spiro atoms. The largest absolute Gasteiger partial charge is 0.476 e. The molecule has 3 atom stereocenters. The van der Waals surface area contributed by atoms with Crippen molar-refractivity contribution in [2.75, 3.05) is 6.61 Å². The maximum atomic E-state index is 11.9. The second-order valence-electron chi connectivity index (χ2n) is 7.39. The lowest BCUT2D eigenvalue weighted by molar-refractivity contribution is -0.130. The summed E-state index contributed by atoms with van der Waals surface area (Å²) in [4.78, 5) is 4.41. The van der Waals surface area contributed by atoms with Gasteiger partial charge in [0, 0.05) is 29.3 Å². The fraction of sp³-hybridized carbons (Fsp3) is 0.261. The fourth-order valence-corrected chi connectivity index (χ4v) is 4.79. The third-order valence-electron chi connectivity index (χ3n) is 5.66. The van der Waals surface area contributed by atoms with Gasteiger partial charge in [-0.15, -0.1) is 0 Å². The van der Waals surface area contributed by atoms with Crippen molar-refractivity contribution in [3.8, 4) is 5.75 Å². The van der Waals surface area contributed by atoms with Gasteiger partial charge in [0.15, 0.2) is 11.2 Å². The van der Waals surface area contributed by atoms with E-state index in [0.29, 0.717) is 22.9 Å². The van der Waals surface area contributed by atoms with E-state index in [1.807, 2.05) is 54.6 Å². The quantitative estimate of drug-likeness (QED) is 0.536. The third kappa shape index (κ3) is 3.26. The Bertz CT molecular complexity index is 1010. The van der Waals surface area contributed by atoms with E-state index in [1.54, 1.807) is 13.0 Å². The Balaban J connectivity index is 2.00. The zero-order valence-electron chi connectivity index (χ0n) is 15.8. The minimum atomic E-state index is -1.46. The summed E-state index contributed by atoms with van der Waals surface area (Å²) in [6.45, 7) is 1.66. The molecule has 0 radical (unpaired) electrons. The molecule has 6 heteroatoms. The van der Waals surface area contributed by atoms with Gasteiger partial charge in [-0.1, -0.05) is 70.0 Å². The molecule has 1 aromatic heterocycles. The topological polar surface area (TPSA) is 62.6 Å². The molecule has 2 N–H and O–H groups in total. The maximum Gasteiger partial charge on any atom is 0.175 e. The van der Waals surface area contributed by atoms with Gasteiger partial charge in [-0.2, -0.15) is 0 Å². The number of ether oxygens (including phenoxy) is 1. The second-order valence-corrected chi connectivity index (χ2v) is 8.74.